The minimum absolute atomic E-state index is 0.0459. The van der Waals surface area contributed by atoms with Crippen LogP contribution in [0.3, 0.4) is 0 Å². The van der Waals surface area contributed by atoms with E-state index in [9.17, 15) is 0 Å². The van der Waals surface area contributed by atoms with Crippen LogP contribution >= 0.6 is 0 Å². The Bertz CT molecular complexity index is 881. The van der Waals surface area contributed by atoms with Crippen LogP contribution in [0.1, 0.15) is 24.2 Å². The molecule has 1 N–H and O–H groups in total. The first kappa shape index (κ1) is 19.5. The standard InChI is InChI=1S/C22H26N4O3/c27-13-11-19-16-26(12-14-28-19)21-10-9-18(15-23-21)22-24-20(25-29-22)8-4-7-17-5-2-1-3-6-17/h1-3,5-6,9-10,15,19,27H,4,7-8,11-14,16H2/t19-/m1/s1. The molecule has 29 heavy (non-hydrogen) atoms. The highest BCUT2D eigenvalue weighted by Gasteiger charge is 2.21. The smallest absolute Gasteiger partial charge is 0.259 e. The number of aliphatic hydroxyl groups excluding tert-OH is 1. The molecule has 152 valence electrons. The summed E-state index contributed by atoms with van der Waals surface area (Å²) in [5.41, 5.74) is 2.14. The first-order chi connectivity index (χ1) is 14.3. The molecule has 1 atom stereocenters. The molecule has 0 spiro atoms. The largest absolute Gasteiger partial charge is 0.396 e. The van der Waals surface area contributed by atoms with Crippen LogP contribution in [-0.4, -0.2) is 52.6 Å². The minimum atomic E-state index is 0.0459. The van der Waals surface area contributed by atoms with Crippen molar-refractivity contribution in [3.05, 3.63) is 60.0 Å². The van der Waals surface area contributed by atoms with Gasteiger partial charge in [0.2, 0.25) is 0 Å². The maximum Gasteiger partial charge on any atom is 0.259 e. The van der Waals surface area contributed by atoms with E-state index in [1.54, 1.807) is 6.20 Å². The number of benzene rings is 1. The highest BCUT2D eigenvalue weighted by Crippen LogP contribution is 2.22. The fourth-order valence-corrected chi connectivity index (χ4v) is 3.51. The van der Waals surface area contributed by atoms with Gasteiger partial charge in [0, 0.05) is 32.3 Å². The first-order valence-electron chi connectivity index (χ1n) is 10.1. The first-order valence-corrected chi connectivity index (χ1v) is 10.1. The van der Waals surface area contributed by atoms with E-state index in [0.29, 0.717) is 18.9 Å². The summed E-state index contributed by atoms with van der Waals surface area (Å²) in [6.07, 6.45) is 5.22. The summed E-state index contributed by atoms with van der Waals surface area (Å²) in [5, 5.41) is 13.2. The number of ether oxygens (including phenoxy) is 1. The lowest BCUT2D eigenvalue weighted by molar-refractivity contribution is 0.0244. The molecule has 2 aromatic heterocycles. The molecule has 1 aliphatic rings. The van der Waals surface area contributed by atoms with Crippen molar-refractivity contribution in [3.8, 4) is 11.5 Å². The molecule has 7 heteroatoms. The Labute approximate surface area is 170 Å². The van der Waals surface area contributed by atoms with Crippen LogP contribution < -0.4 is 4.90 Å². The third-order valence-corrected chi connectivity index (χ3v) is 5.09. The zero-order chi connectivity index (χ0) is 19.9. The number of aliphatic hydroxyl groups is 1. The number of hydrogen-bond donors (Lipinski definition) is 1. The molecule has 0 amide bonds. The topological polar surface area (TPSA) is 84.5 Å². The molecule has 0 radical (unpaired) electrons. The van der Waals surface area contributed by atoms with Gasteiger partial charge in [0.15, 0.2) is 5.82 Å². The van der Waals surface area contributed by atoms with Gasteiger partial charge in [-0.3, -0.25) is 0 Å². The molecule has 0 unspecified atom stereocenters. The number of nitrogens with zero attached hydrogens (tertiary/aromatic N) is 4. The van der Waals surface area contributed by atoms with Crippen LogP contribution in [0.4, 0.5) is 5.82 Å². The van der Waals surface area contributed by atoms with Crippen LogP contribution in [0.15, 0.2) is 53.2 Å². The number of pyridine rings is 1. The number of hydrogen-bond acceptors (Lipinski definition) is 7. The zero-order valence-corrected chi connectivity index (χ0v) is 16.4. The SMILES string of the molecule is OCC[C@@H]1CN(c2ccc(-c3nc(CCCc4ccccc4)no3)cn2)CCO1. The summed E-state index contributed by atoms with van der Waals surface area (Å²) in [5.74, 6) is 2.11. The zero-order valence-electron chi connectivity index (χ0n) is 16.4. The van der Waals surface area contributed by atoms with Crippen LogP contribution in [0.25, 0.3) is 11.5 Å². The number of anilines is 1. The van der Waals surface area contributed by atoms with E-state index >= 15 is 0 Å². The Balaban J connectivity index is 1.33. The van der Waals surface area contributed by atoms with Gasteiger partial charge in [-0.2, -0.15) is 4.98 Å². The van der Waals surface area contributed by atoms with E-state index in [2.05, 4.69) is 44.3 Å². The number of aromatic nitrogens is 3. The van der Waals surface area contributed by atoms with E-state index in [-0.39, 0.29) is 12.7 Å². The molecule has 1 aliphatic heterocycles. The maximum absolute atomic E-state index is 9.11. The van der Waals surface area contributed by atoms with E-state index in [0.717, 1.165) is 49.6 Å². The number of rotatable bonds is 8. The fourth-order valence-electron chi connectivity index (χ4n) is 3.51. The lowest BCUT2D eigenvalue weighted by Gasteiger charge is -2.33. The van der Waals surface area contributed by atoms with Crippen molar-refractivity contribution in [1.82, 2.24) is 15.1 Å². The van der Waals surface area contributed by atoms with Gasteiger partial charge in [-0.1, -0.05) is 35.5 Å². The van der Waals surface area contributed by atoms with Crippen LogP contribution in [-0.2, 0) is 17.6 Å². The quantitative estimate of drug-likeness (QED) is 0.629. The summed E-state index contributed by atoms with van der Waals surface area (Å²) >= 11 is 0. The summed E-state index contributed by atoms with van der Waals surface area (Å²) in [7, 11) is 0. The van der Waals surface area contributed by atoms with Gasteiger partial charge in [0.05, 0.1) is 18.3 Å². The van der Waals surface area contributed by atoms with Gasteiger partial charge in [-0.15, -0.1) is 0 Å². The van der Waals surface area contributed by atoms with Crippen LogP contribution in [0.5, 0.6) is 0 Å². The van der Waals surface area contributed by atoms with E-state index in [1.165, 1.54) is 5.56 Å². The summed E-state index contributed by atoms with van der Waals surface area (Å²) in [6, 6.07) is 14.3. The van der Waals surface area contributed by atoms with E-state index in [4.69, 9.17) is 14.4 Å². The molecule has 1 aromatic carbocycles. The average Bonchev–Trinajstić information content (AvgIpc) is 3.24. The van der Waals surface area contributed by atoms with E-state index in [1.807, 2.05) is 18.2 Å². The van der Waals surface area contributed by atoms with Crippen molar-refractivity contribution >= 4 is 5.82 Å². The van der Waals surface area contributed by atoms with Gasteiger partial charge in [0.25, 0.3) is 5.89 Å². The van der Waals surface area contributed by atoms with Crippen molar-refractivity contribution in [3.63, 3.8) is 0 Å². The minimum Gasteiger partial charge on any atom is -0.396 e. The maximum atomic E-state index is 9.11. The second kappa shape index (κ2) is 9.62. The van der Waals surface area contributed by atoms with Crippen LogP contribution in [0, 0.1) is 0 Å². The van der Waals surface area contributed by atoms with Crippen LogP contribution in [0.2, 0.25) is 0 Å². The summed E-state index contributed by atoms with van der Waals surface area (Å²) in [4.78, 5) is 11.3. The van der Waals surface area contributed by atoms with Gasteiger partial charge in [-0.25, -0.2) is 4.98 Å². The summed E-state index contributed by atoms with van der Waals surface area (Å²) in [6.45, 7) is 2.30. The Morgan fingerprint density at radius 3 is 2.79 bits per heavy atom. The lowest BCUT2D eigenvalue weighted by atomic mass is 10.1. The second-order valence-electron chi connectivity index (χ2n) is 7.21. The summed E-state index contributed by atoms with van der Waals surface area (Å²) < 4.78 is 11.1. The molecule has 7 nitrogen and oxygen atoms in total. The van der Waals surface area contributed by atoms with Crippen molar-refractivity contribution in [1.29, 1.82) is 0 Å². The molecule has 3 heterocycles. The van der Waals surface area contributed by atoms with Gasteiger partial charge >= 0.3 is 0 Å². The average molecular weight is 394 g/mol. The normalized spacial score (nSPS) is 16.9. The highest BCUT2D eigenvalue weighted by molar-refractivity contribution is 5.54. The second-order valence-corrected chi connectivity index (χ2v) is 7.21. The molecule has 1 saturated heterocycles. The Morgan fingerprint density at radius 2 is 2.00 bits per heavy atom. The molecule has 4 rings (SSSR count). The Hall–Kier alpha value is -2.77. The third-order valence-electron chi connectivity index (χ3n) is 5.09. The molecule has 0 aliphatic carbocycles. The molecule has 1 fully saturated rings. The van der Waals surface area contributed by atoms with Crippen molar-refractivity contribution in [2.45, 2.75) is 31.8 Å². The van der Waals surface area contributed by atoms with Crippen molar-refractivity contribution in [2.75, 3.05) is 31.2 Å². The Morgan fingerprint density at radius 1 is 1.10 bits per heavy atom. The molecular formula is C22H26N4O3. The third kappa shape index (κ3) is 5.19. The van der Waals surface area contributed by atoms with Gasteiger partial charge in [-0.05, 0) is 37.0 Å². The van der Waals surface area contributed by atoms with Crippen molar-refractivity contribution in [2.24, 2.45) is 0 Å². The van der Waals surface area contributed by atoms with Gasteiger partial charge < -0.3 is 19.3 Å². The van der Waals surface area contributed by atoms with Crippen molar-refractivity contribution < 1.29 is 14.4 Å². The molecule has 3 aromatic rings. The molecule has 0 saturated carbocycles. The number of morpholine rings is 1. The number of aryl methyl sites for hydroxylation is 2. The van der Waals surface area contributed by atoms with Gasteiger partial charge in [0.1, 0.15) is 5.82 Å². The lowest BCUT2D eigenvalue weighted by Crippen LogP contribution is -2.43. The molecule has 0 bridgehead atoms. The predicted molar refractivity (Wildman–Crippen MR) is 110 cm³/mol. The highest BCUT2D eigenvalue weighted by atomic mass is 16.5. The Kier molecular flexibility index (Phi) is 6.49. The van der Waals surface area contributed by atoms with E-state index < -0.39 is 0 Å². The fraction of sp³-hybridized carbons (Fsp3) is 0.409. The molecular weight excluding hydrogens is 368 g/mol. The monoisotopic (exact) mass is 394 g/mol. The predicted octanol–water partition coefficient (Wildman–Crippen LogP) is 2.89.